The van der Waals surface area contributed by atoms with Gasteiger partial charge in [-0.25, -0.2) is 0 Å². The van der Waals surface area contributed by atoms with Crippen LogP contribution in [0.1, 0.15) is 25.8 Å². The Labute approximate surface area is 73.8 Å². The Kier molecular flexibility index (Phi) is 3.80. The summed E-state index contributed by atoms with van der Waals surface area (Å²) >= 11 is 0. The average Bonchev–Trinajstić information content (AvgIpc) is 2.50. The largest absolute Gasteiger partial charge is 0.313 e. The van der Waals surface area contributed by atoms with Crippen LogP contribution in [0.15, 0.2) is 12.4 Å². The van der Waals surface area contributed by atoms with Gasteiger partial charge in [0.15, 0.2) is 0 Å². The van der Waals surface area contributed by atoms with Crippen LogP contribution in [0, 0.1) is 0 Å². The molecule has 12 heavy (non-hydrogen) atoms. The summed E-state index contributed by atoms with van der Waals surface area (Å²) in [6, 6.07) is 0. The number of aryl methyl sites for hydroxylation is 1. The molecule has 0 atom stereocenters. The number of aromatic nitrogens is 2. The minimum absolute atomic E-state index is 0.931. The van der Waals surface area contributed by atoms with Crippen molar-refractivity contribution in [2.24, 2.45) is 0 Å². The predicted molar refractivity (Wildman–Crippen MR) is 49.9 cm³/mol. The van der Waals surface area contributed by atoms with Crippen molar-refractivity contribution in [3.8, 4) is 0 Å². The molecule has 1 aromatic rings. The van der Waals surface area contributed by atoms with Gasteiger partial charge in [-0.3, -0.25) is 4.68 Å². The van der Waals surface area contributed by atoms with Crippen molar-refractivity contribution in [2.75, 3.05) is 6.54 Å². The molecule has 3 nitrogen and oxygen atoms in total. The first-order valence-electron chi connectivity index (χ1n) is 4.58. The monoisotopic (exact) mass is 167 g/mol. The van der Waals surface area contributed by atoms with E-state index in [0.717, 1.165) is 26.1 Å². The zero-order chi connectivity index (χ0) is 8.81. The maximum atomic E-state index is 4.24. The Morgan fingerprint density at radius 1 is 1.50 bits per heavy atom. The van der Waals surface area contributed by atoms with Gasteiger partial charge in [0.05, 0.1) is 6.20 Å². The van der Waals surface area contributed by atoms with E-state index in [1.165, 1.54) is 5.56 Å². The zero-order valence-electron chi connectivity index (χ0n) is 7.88. The van der Waals surface area contributed by atoms with Crippen molar-refractivity contribution >= 4 is 0 Å². The van der Waals surface area contributed by atoms with E-state index in [-0.39, 0.29) is 0 Å². The van der Waals surface area contributed by atoms with Gasteiger partial charge in [-0.2, -0.15) is 5.10 Å². The summed E-state index contributed by atoms with van der Waals surface area (Å²) < 4.78 is 1.99. The van der Waals surface area contributed by atoms with Gasteiger partial charge < -0.3 is 5.32 Å². The van der Waals surface area contributed by atoms with E-state index in [1.54, 1.807) is 0 Å². The molecule has 0 radical (unpaired) electrons. The summed E-state index contributed by atoms with van der Waals surface area (Å²) in [7, 11) is 0. The molecule has 0 saturated heterocycles. The van der Waals surface area contributed by atoms with Gasteiger partial charge in [-0.1, -0.05) is 13.8 Å². The van der Waals surface area contributed by atoms with Gasteiger partial charge in [-0.05, 0) is 13.0 Å². The lowest BCUT2D eigenvalue weighted by molar-refractivity contribution is 0.601. The molecule has 1 aromatic heterocycles. The number of rotatable bonds is 5. The highest BCUT2D eigenvalue weighted by molar-refractivity contribution is 5.02. The van der Waals surface area contributed by atoms with Crippen LogP contribution < -0.4 is 5.32 Å². The van der Waals surface area contributed by atoms with E-state index in [2.05, 4.69) is 30.5 Å². The minimum Gasteiger partial charge on any atom is -0.313 e. The molecule has 0 unspecified atom stereocenters. The highest BCUT2D eigenvalue weighted by atomic mass is 15.3. The van der Waals surface area contributed by atoms with Gasteiger partial charge in [0.1, 0.15) is 0 Å². The second-order valence-corrected chi connectivity index (χ2v) is 2.89. The van der Waals surface area contributed by atoms with Crippen molar-refractivity contribution in [2.45, 2.75) is 33.4 Å². The minimum atomic E-state index is 0.931. The third kappa shape index (κ3) is 2.66. The fourth-order valence-corrected chi connectivity index (χ4v) is 1.12. The van der Waals surface area contributed by atoms with E-state index in [9.17, 15) is 0 Å². The second kappa shape index (κ2) is 4.93. The second-order valence-electron chi connectivity index (χ2n) is 2.89. The summed E-state index contributed by atoms with van der Waals surface area (Å²) in [6.45, 7) is 7.23. The number of nitrogens with zero attached hydrogens (tertiary/aromatic N) is 2. The van der Waals surface area contributed by atoms with Gasteiger partial charge in [-0.15, -0.1) is 0 Å². The van der Waals surface area contributed by atoms with Crippen LogP contribution in [0.4, 0.5) is 0 Å². The van der Waals surface area contributed by atoms with Gasteiger partial charge in [0, 0.05) is 24.8 Å². The fraction of sp³-hybridized carbons (Fsp3) is 0.667. The van der Waals surface area contributed by atoms with Crippen molar-refractivity contribution in [3.05, 3.63) is 18.0 Å². The summed E-state index contributed by atoms with van der Waals surface area (Å²) in [5.41, 5.74) is 1.27. The molecule has 0 amide bonds. The Balaban J connectivity index is 2.41. The average molecular weight is 167 g/mol. The van der Waals surface area contributed by atoms with Crippen molar-refractivity contribution in [1.29, 1.82) is 0 Å². The normalized spacial score (nSPS) is 10.5. The molecular weight excluding hydrogens is 150 g/mol. The third-order valence-electron chi connectivity index (χ3n) is 1.72. The third-order valence-corrected chi connectivity index (χ3v) is 1.72. The van der Waals surface area contributed by atoms with Gasteiger partial charge in [0.25, 0.3) is 0 Å². The molecule has 0 aliphatic rings. The smallest absolute Gasteiger partial charge is 0.0534 e. The van der Waals surface area contributed by atoms with Gasteiger partial charge >= 0.3 is 0 Å². The van der Waals surface area contributed by atoms with Crippen LogP contribution in [-0.4, -0.2) is 16.3 Å². The van der Waals surface area contributed by atoms with Crippen LogP contribution in [0.25, 0.3) is 0 Å². The molecule has 0 aliphatic heterocycles. The lowest BCUT2D eigenvalue weighted by atomic mass is 10.3. The highest BCUT2D eigenvalue weighted by Crippen LogP contribution is 1.97. The first-order valence-corrected chi connectivity index (χ1v) is 4.58. The highest BCUT2D eigenvalue weighted by Gasteiger charge is 1.95. The van der Waals surface area contributed by atoms with Gasteiger partial charge in [0.2, 0.25) is 0 Å². The first-order chi connectivity index (χ1) is 5.86. The molecule has 1 rings (SSSR count). The van der Waals surface area contributed by atoms with Crippen LogP contribution in [0.3, 0.4) is 0 Å². The van der Waals surface area contributed by atoms with Crippen molar-refractivity contribution in [1.82, 2.24) is 15.1 Å². The summed E-state index contributed by atoms with van der Waals surface area (Å²) in [6.07, 6.45) is 5.17. The summed E-state index contributed by atoms with van der Waals surface area (Å²) in [5, 5.41) is 7.50. The molecule has 1 heterocycles. The lowest BCUT2D eigenvalue weighted by Gasteiger charge is -1.97. The number of hydrogen-bond donors (Lipinski definition) is 1. The Hall–Kier alpha value is -0.830. The molecule has 0 aromatic carbocycles. The van der Waals surface area contributed by atoms with Crippen LogP contribution in [0.2, 0.25) is 0 Å². The molecule has 0 fully saturated rings. The first kappa shape index (κ1) is 9.26. The molecule has 1 N–H and O–H groups in total. The van der Waals surface area contributed by atoms with Crippen LogP contribution in [-0.2, 0) is 13.1 Å². The molecule has 0 spiro atoms. The standard InChI is InChI=1S/C9H17N3/c1-3-5-12-8-9(7-11-12)6-10-4-2/h7-8,10H,3-6H2,1-2H3. The molecule has 0 bridgehead atoms. The molecule has 68 valence electrons. The Morgan fingerprint density at radius 2 is 2.33 bits per heavy atom. The number of nitrogens with one attached hydrogen (secondary N) is 1. The van der Waals surface area contributed by atoms with Crippen molar-refractivity contribution in [3.63, 3.8) is 0 Å². The van der Waals surface area contributed by atoms with E-state index >= 15 is 0 Å². The molecule has 3 heteroatoms. The Morgan fingerprint density at radius 3 is 3.00 bits per heavy atom. The summed E-state index contributed by atoms with van der Waals surface area (Å²) in [5.74, 6) is 0. The topological polar surface area (TPSA) is 29.9 Å². The molecule has 0 saturated carbocycles. The fourth-order valence-electron chi connectivity index (χ4n) is 1.12. The SMILES string of the molecule is CCCn1cc(CNCC)cn1. The molecular formula is C9H17N3. The van der Waals surface area contributed by atoms with Crippen LogP contribution in [0.5, 0.6) is 0 Å². The molecule has 0 aliphatic carbocycles. The van der Waals surface area contributed by atoms with Crippen molar-refractivity contribution < 1.29 is 0 Å². The predicted octanol–water partition coefficient (Wildman–Crippen LogP) is 1.40. The summed E-state index contributed by atoms with van der Waals surface area (Å²) in [4.78, 5) is 0. The van der Waals surface area contributed by atoms with E-state index < -0.39 is 0 Å². The van der Waals surface area contributed by atoms with Crippen LogP contribution >= 0.6 is 0 Å². The Bertz CT molecular complexity index is 217. The van der Waals surface area contributed by atoms with E-state index in [4.69, 9.17) is 0 Å². The van der Waals surface area contributed by atoms with E-state index in [1.807, 2.05) is 10.9 Å². The maximum absolute atomic E-state index is 4.24. The number of hydrogen-bond acceptors (Lipinski definition) is 2. The maximum Gasteiger partial charge on any atom is 0.0534 e. The lowest BCUT2D eigenvalue weighted by Crippen LogP contribution is -2.11. The quantitative estimate of drug-likeness (QED) is 0.718. The van der Waals surface area contributed by atoms with E-state index in [0.29, 0.717) is 0 Å². The zero-order valence-corrected chi connectivity index (χ0v) is 7.88.